The molecule has 3 aromatic heterocycles. The predicted octanol–water partition coefficient (Wildman–Crippen LogP) is 5.80. The third-order valence-corrected chi connectivity index (χ3v) is 7.17. The van der Waals surface area contributed by atoms with Crippen molar-refractivity contribution in [3.63, 3.8) is 0 Å². The van der Waals surface area contributed by atoms with E-state index in [4.69, 9.17) is 0 Å². The van der Waals surface area contributed by atoms with Gasteiger partial charge >= 0.3 is 6.18 Å². The molecule has 3 heterocycles. The molecule has 4 rings (SSSR count). The third-order valence-electron chi connectivity index (χ3n) is 6.06. The zero-order valence-corrected chi connectivity index (χ0v) is 21.5. The molecule has 0 radical (unpaired) electrons. The van der Waals surface area contributed by atoms with Crippen LogP contribution in [0.1, 0.15) is 58.9 Å². The van der Waals surface area contributed by atoms with Gasteiger partial charge < -0.3 is 15.6 Å². The molecule has 11 heteroatoms. The van der Waals surface area contributed by atoms with Crippen LogP contribution < -0.4 is 10.6 Å². The molecule has 0 saturated carbocycles. The predicted molar refractivity (Wildman–Crippen MR) is 136 cm³/mol. The topological polar surface area (TPSA) is 99.8 Å². The first-order valence-corrected chi connectivity index (χ1v) is 12.3. The monoisotopic (exact) mass is 529 g/mol. The van der Waals surface area contributed by atoms with Crippen molar-refractivity contribution in [3.8, 4) is 10.6 Å². The number of alkyl halides is 3. The summed E-state index contributed by atoms with van der Waals surface area (Å²) >= 11 is 1.17. The summed E-state index contributed by atoms with van der Waals surface area (Å²) in [5, 5.41) is 5.64. The van der Waals surface area contributed by atoms with E-state index in [-0.39, 0.29) is 23.9 Å². The van der Waals surface area contributed by atoms with Crippen LogP contribution >= 0.6 is 11.3 Å². The second-order valence-electron chi connectivity index (χ2n) is 9.76. The zero-order chi connectivity index (χ0) is 27.0. The zero-order valence-electron chi connectivity index (χ0n) is 20.7. The molecule has 194 valence electrons. The highest BCUT2D eigenvalue weighted by molar-refractivity contribution is 7.17. The van der Waals surface area contributed by atoms with Gasteiger partial charge in [-0.15, -0.1) is 11.3 Å². The van der Waals surface area contributed by atoms with Crippen molar-refractivity contribution >= 4 is 34.3 Å². The third kappa shape index (κ3) is 5.99. The minimum atomic E-state index is -4.45. The number of rotatable bonds is 6. The number of halogens is 3. The van der Waals surface area contributed by atoms with Crippen molar-refractivity contribution in [1.82, 2.24) is 25.6 Å². The molecule has 1 unspecified atom stereocenters. The number of benzene rings is 1. The molecule has 0 aliphatic rings. The van der Waals surface area contributed by atoms with Gasteiger partial charge in [0.15, 0.2) is 5.65 Å². The van der Waals surface area contributed by atoms with E-state index in [0.29, 0.717) is 37.7 Å². The van der Waals surface area contributed by atoms with Gasteiger partial charge in [0.25, 0.3) is 11.8 Å². The van der Waals surface area contributed by atoms with E-state index in [1.807, 2.05) is 27.7 Å². The van der Waals surface area contributed by atoms with E-state index >= 15 is 0 Å². The van der Waals surface area contributed by atoms with E-state index in [1.54, 1.807) is 24.5 Å². The Labute approximate surface area is 215 Å². The van der Waals surface area contributed by atoms with Crippen LogP contribution in [0.5, 0.6) is 0 Å². The number of hydrogen-bond acceptors (Lipinski definition) is 5. The molecule has 37 heavy (non-hydrogen) atoms. The Morgan fingerprint density at radius 3 is 2.57 bits per heavy atom. The fraction of sp³-hybridized carbons (Fsp3) is 0.308. The van der Waals surface area contributed by atoms with Crippen molar-refractivity contribution in [3.05, 3.63) is 70.4 Å². The number of hydrogen-bond donors (Lipinski definition) is 3. The highest BCUT2D eigenvalue weighted by Gasteiger charge is 2.30. The van der Waals surface area contributed by atoms with Crippen molar-refractivity contribution in [1.29, 1.82) is 0 Å². The Morgan fingerprint density at radius 2 is 1.86 bits per heavy atom. The van der Waals surface area contributed by atoms with Gasteiger partial charge in [0.1, 0.15) is 5.52 Å². The maximum atomic E-state index is 12.9. The second-order valence-corrected chi connectivity index (χ2v) is 10.8. The summed E-state index contributed by atoms with van der Waals surface area (Å²) in [4.78, 5) is 38.5. The van der Waals surface area contributed by atoms with Gasteiger partial charge in [-0.1, -0.05) is 32.9 Å². The molecule has 4 aromatic rings. The summed E-state index contributed by atoms with van der Waals surface area (Å²) in [6.07, 6.45) is -1.33. The maximum absolute atomic E-state index is 12.9. The maximum Gasteiger partial charge on any atom is 0.416 e. The first-order valence-electron chi connectivity index (χ1n) is 11.5. The average Bonchev–Trinajstić information content (AvgIpc) is 3.49. The first-order chi connectivity index (χ1) is 17.3. The molecule has 7 nitrogen and oxygen atoms in total. The van der Waals surface area contributed by atoms with E-state index in [2.05, 4.69) is 25.6 Å². The van der Waals surface area contributed by atoms with Crippen molar-refractivity contribution in [2.75, 3.05) is 0 Å². The van der Waals surface area contributed by atoms with E-state index in [9.17, 15) is 22.8 Å². The lowest BCUT2D eigenvalue weighted by Crippen LogP contribution is -2.41. The Balaban J connectivity index is 1.49. The molecule has 0 aliphatic heterocycles. The summed E-state index contributed by atoms with van der Waals surface area (Å²) in [6.45, 7) is 8.01. The number of H-pyrrole nitrogens is 1. The lowest BCUT2D eigenvalue weighted by molar-refractivity contribution is -0.137. The highest BCUT2D eigenvalue weighted by Crippen LogP contribution is 2.30. The number of nitrogens with zero attached hydrogens (tertiary/aromatic N) is 2. The SMILES string of the molecule is CC(NC(=O)c1c[nH]c2ncc(-c3ccc(C(=O)NCc4cccc(C(F)(F)F)c4)s3)nc12)C(C)(C)C. The molecule has 0 saturated heterocycles. The number of carbonyl (C=O) groups excluding carboxylic acids is 2. The molecule has 0 bridgehead atoms. The standard InChI is InChI=1S/C26H26F3N5O2S/c1-14(25(2,3)4)33-23(35)17-12-30-22-21(17)34-18(13-31-22)19-8-9-20(37-19)24(36)32-11-15-6-5-7-16(10-15)26(27,28)29/h5-10,12-14H,11H2,1-4H3,(H,30,31)(H,32,36)(H,33,35). The quantitative estimate of drug-likeness (QED) is 0.294. The largest absolute Gasteiger partial charge is 0.416 e. The van der Waals surface area contributed by atoms with Gasteiger partial charge in [0.05, 0.1) is 32.8 Å². The summed E-state index contributed by atoms with van der Waals surface area (Å²) < 4.78 is 38.8. The van der Waals surface area contributed by atoms with Gasteiger partial charge in [-0.05, 0) is 42.2 Å². The lowest BCUT2D eigenvalue weighted by atomic mass is 9.88. The molecule has 2 amide bonds. The molecule has 1 aromatic carbocycles. The molecular formula is C26H26F3N5O2S. The summed E-state index contributed by atoms with van der Waals surface area (Å²) in [7, 11) is 0. The molecule has 0 fully saturated rings. The van der Waals surface area contributed by atoms with Crippen molar-refractivity contribution in [2.45, 2.75) is 46.5 Å². The van der Waals surface area contributed by atoms with Crippen LogP contribution in [-0.4, -0.2) is 32.8 Å². The van der Waals surface area contributed by atoms with E-state index in [1.165, 1.54) is 23.5 Å². The highest BCUT2D eigenvalue weighted by atomic mass is 32.1. The van der Waals surface area contributed by atoms with Crippen LogP contribution in [0.2, 0.25) is 0 Å². The minimum absolute atomic E-state index is 0.0451. The average molecular weight is 530 g/mol. The fourth-order valence-electron chi connectivity index (χ4n) is 3.40. The van der Waals surface area contributed by atoms with Gasteiger partial charge in [0.2, 0.25) is 0 Å². The number of aromatic nitrogens is 3. The number of aromatic amines is 1. The van der Waals surface area contributed by atoms with E-state index in [0.717, 1.165) is 12.1 Å². The Bertz CT molecular complexity index is 1450. The van der Waals surface area contributed by atoms with Gasteiger partial charge in [-0.25, -0.2) is 9.97 Å². The molecular weight excluding hydrogens is 503 g/mol. The van der Waals surface area contributed by atoms with Gasteiger partial charge in [0, 0.05) is 18.8 Å². The Hall–Kier alpha value is -3.73. The van der Waals surface area contributed by atoms with Crippen molar-refractivity contribution < 1.29 is 22.8 Å². The first kappa shape index (κ1) is 26.3. The molecule has 1 atom stereocenters. The van der Waals surface area contributed by atoms with Gasteiger partial charge in [-0.2, -0.15) is 13.2 Å². The van der Waals surface area contributed by atoms with E-state index < -0.39 is 17.6 Å². The van der Waals surface area contributed by atoms with Crippen LogP contribution in [0.4, 0.5) is 13.2 Å². The minimum Gasteiger partial charge on any atom is -0.349 e. The van der Waals surface area contributed by atoms with Crippen LogP contribution in [0.15, 0.2) is 48.8 Å². The number of fused-ring (bicyclic) bond motifs is 1. The van der Waals surface area contributed by atoms with Crippen LogP contribution in [0.25, 0.3) is 21.7 Å². The Kier molecular flexibility index (Phi) is 7.09. The molecule has 3 N–H and O–H groups in total. The van der Waals surface area contributed by atoms with Crippen LogP contribution in [0.3, 0.4) is 0 Å². The number of thiophene rings is 1. The number of nitrogens with one attached hydrogen (secondary N) is 3. The summed E-state index contributed by atoms with van der Waals surface area (Å²) in [6, 6.07) is 8.08. The van der Waals surface area contributed by atoms with Crippen LogP contribution in [0, 0.1) is 5.41 Å². The number of amides is 2. The van der Waals surface area contributed by atoms with Crippen molar-refractivity contribution in [2.24, 2.45) is 5.41 Å². The summed E-state index contributed by atoms with van der Waals surface area (Å²) in [5.41, 5.74) is 1.21. The van der Waals surface area contributed by atoms with Crippen LogP contribution in [-0.2, 0) is 12.7 Å². The number of carbonyl (C=O) groups is 2. The molecule has 0 aliphatic carbocycles. The molecule has 0 spiro atoms. The normalized spacial score (nSPS) is 12.9. The summed E-state index contributed by atoms with van der Waals surface area (Å²) in [5.74, 6) is -0.679. The smallest absolute Gasteiger partial charge is 0.349 e. The second kappa shape index (κ2) is 9.97. The lowest BCUT2D eigenvalue weighted by Gasteiger charge is -2.27. The fourth-order valence-corrected chi connectivity index (χ4v) is 4.28. The van der Waals surface area contributed by atoms with Gasteiger partial charge in [-0.3, -0.25) is 9.59 Å². The Morgan fingerprint density at radius 1 is 1.11 bits per heavy atom.